The highest BCUT2D eigenvalue weighted by Gasteiger charge is 2.14. The summed E-state index contributed by atoms with van der Waals surface area (Å²) in [6, 6.07) is 11.9. The van der Waals surface area contributed by atoms with E-state index in [1.165, 1.54) is 6.92 Å². The van der Waals surface area contributed by atoms with Gasteiger partial charge in [0.2, 0.25) is 0 Å². The molecule has 3 aromatic rings. The van der Waals surface area contributed by atoms with Gasteiger partial charge in [-0.1, -0.05) is 18.2 Å². The number of fused-ring (bicyclic) bond motifs is 1. The van der Waals surface area contributed by atoms with Crippen LogP contribution in [0.3, 0.4) is 0 Å². The second-order valence-electron chi connectivity index (χ2n) is 4.81. The van der Waals surface area contributed by atoms with Gasteiger partial charge in [0, 0.05) is 16.5 Å². The quantitative estimate of drug-likeness (QED) is 0.716. The second-order valence-corrected chi connectivity index (χ2v) is 4.81. The van der Waals surface area contributed by atoms with Crippen LogP contribution in [0, 0.1) is 6.92 Å². The zero-order valence-corrected chi connectivity index (χ0v) is 11.4. The van der Waals surface area contributed by atoms with Crippen LogP contribution in [0.2, 0.25) is 0 Å². The van der Waals surface area contributed by atoms with Crippen LogP contribution < -0.4 is 0 Å². The van der Waals surface area contributed by atoms with Crippen molar-refractivity contribution in [2.45, 2.75) is 13.8 Å². The molecule has 0 aliphatic heterocycles. The minimum atomic E-state index is 0.0187. The molecule has 0 aliphatic carbocycles. The zero-order chi connectivity index (χ0) is 14.1. The first-order valence-corrected chi connectivity index (χ1v) is 6.51. The summed E-state index contributed by atoms with van der Waals surface area (Å²) in [5.74, 6) is 1.69. The molecule has 0 aliphatic rings. The maximum absolute atomic E-state index is 11.2. The lowest BCUT2D eigenvalue weighted by atomic mass is 10.1. The maximum atomic E-state index is 11.2. The number of carbonyl (C=O) groups is 1. The van der Waals surface area contributed by atoms with Gasteiger partial charge in [0.15, 0.2) is 5.78 Å². The van der Waals surface area contributed by atoms with Gasteiger partial charge in [-0.3, -0.25) is 4.79 Å². The van der Waals surface area contributed by atoms with Crippen LogP contribution in [0.25, 0.3) is 28.3 Å². The molecule has 0 spiro atoms. The van der Waals surface area contributed by atoms with E-state index in [4.69, 9.17) is 4.42 Å². The summed E-state index contributed by atoms with van der Waals surface area (Å²) in [6.07, 6.45) is 3.36. The predicted molar refractivity (Wildman–Crippen MR) is 80.5 cm³/mol. The molecular weight excluding hydrogens is 250 g/mol. The van der Waals surface area contributed by atoms with Gasteiger partial charge in [0.05, 0.1) is 5.69 Å². The predicted octanol–water partition coefficient (Wildman–Crippen LogP) is 4.34. The average molecular weight is 265 g/mol. The largest absolute Gasteiger partial charge is 0.461 e. The van der Waals surface area contributed by atoms with Crippen LogP contribution in [-0.2, 0) is 4.79 Å². The van der Waals surface area contributed by atoms with E-state index in [0.717, 1.165) is 33.7 Å². The minimum Gasteiger partial charge on any atom is -0.461 e. The Kier molecular flexibility index (Phi) is 3.03. The Bertz CT molecular complexity index is 805. The Balaban J connectivity index is 2.25. The third-order valence-corrected chi connectivity index (χ3v) is 3.21. The van der Waals surface area contributed by atoms with Crippen LogP contribution in [0.1, 0.15) is 18.4 Å². The number of hydrogen-bond donors (Lipinski definition) is 1. The third kappa shape index (κ3) is 2.18. The minimum absolute atomic E-state index is 0.0187. The number of carbonyl (C=O) groups excluding carboxylic acids is 1. The van der Waals surface area contributed by atoms with Crippen molar-refractivity contribution >= 4 is 22.8 Å². The van der Waals surface area contributed by atoms with Crippen molar-refractivity contribution < 1.29 is 9.21 Å². The average Bonchev–Trinajstić information content (AvgIpc) is 2.99. The molecule has 3 heteroatoms. The van der Waals surface area contributed by atoms with Crippen molar-refractivity contribution in [1.29, 1.82) is 0 Å². The first-order chi connectivity index (χ1) is 9.65. The molecule has 2 heterocycles. The molecule has 0 bridgehead atoms. The standard InChI is InChI=1S/C17H15NO2/c1-11(19)7-9-15-17(16-10-8-12(2)20-16)13-5-3-4-6-14(13)18-15/h3-10,18H,1-2H3. The SMILES string of the molecule is CC(=O)C=Cc1[nH]c2ccccc2c1-c1ccc(C)o1. The molecule has 3 rings (SSSR count). The fourth-order valence-corrected chi connectivity index (χ4v) is 2.32. The number of aromatic nitrogens is 1. The number of aromatic amines is 1. The number of allylic oxidation sites excluding steroid dienone is 1. The van der Waals surface area contributed by atoms with Crippen molar-refractivity contribution in [1.82, 2.24) is 4.98 Å². The Morgan fingerprint density at radius 1 is 1.20 bits per heavy atom. The van der Waals surface area contributed by atoms with Gasteiger partial charge < -0.3 is 9.40 Å². The monoisotopic (exact) mass is 265 g/mol. The lowest BCUT2D eigenvalue weighted by molar-refractivity contribution is -0.112. The van der Waals surface area contributed by atoms with Crippen LogP contribution in [0.4, 0.5) is 0 Å². The molecule has 0 radical (unpaired) electrons. The molecule has 0 atom stereocenters. The Labute approximate surface area is 116 Å². The fraction of sp³-hybridized carbons (Fsp3) is 0.118. The van der Waals surface area contributed by atoms with E-state index >= 15 is 0 Å². The second kappa shape index (κ2) is 4.85. The van der Waals surface area contributed by atoms with Gasteiger partial charge in [0.1, 0.15) is 11.5 Å². The molecule has 1 aromatic carbocycles. The molecular formula is C17H15NO2. The van der Waals surface area contributed by atoms with Crippen LogP contribution in [-0.4, -0.2) is 10.8 Å². The molecule has 0 amide bonds. The number of H-pyrrole nitrogens is 1. The molecule has 3 nitrogen and oxygen atoms in total. The van der Waals surface area contributed by atoms with E-state index in [1.54, 1.807) is 12.2 Å². The topological polar surface area (TPSA) is 46.0 Å². The molecule has 100 valence electrons. The van der Waals surface area contributed by atoms with Gasteiger partial charge in [-0.15, -0.1) is 0 Å². The fourth-order valence-electron chi connectivity index (χ4n) is 2.32. The number of benzene rings is 1. The summed E-state index contributed by atoms with van der Waals surface area (Å²) >= 11 is 0. The van der Waals surface area contributed by atoms with E-state index in [-0.39, 0.29) is 5.78 Å². The normalized spacial score (nSPS) is 11.5. The van der Waals surface area contributed by atoms with Gasteiger partial charge >= 0.3 is 0 Å². The van der Waals surface area contributed by atoms with Gasteiger partial charge in [-0.2, -0.15) is 0 Å². The third-order valence-electron chi connectivity index (χ3n) is 3.21. The number of ketones is 1. The van der Waals surface area contributed by atoms with Crippen molar-refractivity contribution in [2.24, 2.45) is 0 Å². The Morgan fingerprint density at radius 3 is 2.70 bits per heavy atom. The molecule has 20 heavy (non-hydrogen) atoms. The van der Waals surface area contributed by atoms with E-state index < -0.39 is 0 Å². The van der Waals surface area contributed by atoms with Crippen LogP contribution in [0.15, 0.2) is 46.9 Å². The Hall–Kier alpha value is -2.55. The van der Waals surface area contributed by atoms with Crippen LogP contribution in [0.5, 0.6) is 0 Å². The highest BCUT2D eigenvalue weighted by atomic mass is 16.3. The lowest BCUT2D eigenvalue weighted by Gasteiger charge is -1.97. The molecule has 2 aromatic heterocycles. The van der Waals surface area contributed by atoms with Gasteiger partial charge in [-0.25, -0.2) is 0 Å². The maximum Gasteiger partial charge on any atom is 0.152 e. The van der Waals surface area contributed by atoms with E-state index in [0.29, 0.717) is 0 Å². The first kappa shape index (κ1) is 12.5. The lowest BCUT2D eigenvalue weighted by Crippen LogP contribution is -1.82. The highest BCUT2D eigenvalue weighted by molar-refractivity contribution is 6.01. The van der Waals surface area contributed by atoms with E-state index in [2.05, 4.69) is 4.98 Å². The number of aryl methyl sites for hydroxylation is 1. The summed E-state index contributed by atoms with van der Waals surface area (Å²) in [4.78, 5) is 14.5. The zero-order valence-electron chi connectivity index (χ0n) is 11.4. The van der Waals surface area contributed by atoms with Gasteiger partial charge in [-0.05, 0) is 44.2 Å². The highest BCUT2D eigenvalue weighted by Crippen LogP contribution is 2.34. The molecule has 0 fully saturated rings. The number of hydrogen-bond acceptors (Lipinski definition) is 2. The summed E-state index contributed by atoms with van der Waals surface area (Å²) in [5, 5.41) is 1.09. The van der Waals surface area contributed by atoms with E-state index in [1.807, 2.05) is 43.3 Å². The number of rotatable bonds is 3. The van der Waals surface area contributed by atoms with Gasteiger partial charge in [0.25, 0.3) is 0 Å². The van der Waals surface area contributed by atoms with Crippen molar-refractivity contribution in [3.63, 3.8) is 0 Å². The number of para-hydroxylation sites is 1. The summed E-state index contributed by atoms with van der Waals surface area (Å²) in [5.41, 5.74) is 2.90. The summed E-state index contributed by atoms with van der Waals surface area (Å²) in [7, 11) is 0. The molecule has 0 saturated carbocycles. The smallest absolute Gasteiger partial charge is 0.152 e. The van der Waals surface area contributed by atoms with Crippen molar-refractivity contribution in [2.75, 3.05) is 0 Å². The summed E-state index contributed by atoms with van der Waals surface area (Å²) < 4.78 is 5.74. The van der Waals surface area contributed by atoms with Crippen molar-refractivity contribution in [3.8, 4) is 11.3 Å². The first-order valence-electron chi connectivity index (χ1n) is 6.51. The van der Waals surface area contributed by atoms with Crippen LogP contribution >= 0.6 is 0 Å². The number of nitrogens with one attached hydrogen (secondary N) is 1. The summed E-state index contributed by atoms with van der Waals surface area (Å²) in [6.45, 7) is 3.46. The molecule has 0 unspecified atom stereocenters. The number of furan rings is 1. The van der Waals surface area contributed by atoms with Crippen molar-refractivity contribution in [3.05, 3.63) is 53.9 Å². The molecule has 1 N–H and O–H groups in total. The molecule has 0 saturated heterocycles. The Morgan fingerprint density at radius 2 is 2.00 bits per heavy atom. The van der Waals surface area contributed by atoms with E-state index in [9.17, 15) is 4.79 Å².